The molecule has 0 spiro atoms. The lowest BCUT2D eigenvalue weighted by Crippen LogP contribution is -2.34. The fraction of sp³-hybridized carbons (Fsp3) is 0.304. The van der Waals surface area contributed by atoms with Crippen LogP contribution in [0.25, 0.3) is 16.9 Å². The van der Waals surface area contributed by atoms with Crippen molar-refractivity contribution in [2.75, 3.05) is 25.0 Å². The molecule has 2 aromatic carbocycles. The number of aromatic nitrogens is 2. The smallest absolute Gasteiger partial charge is 0.240 e. The van der Waals surface area contributed by atoms with Crippen LogP contribution in [0.5, 0.6) is 0 Å². The predicted octanol–water partition coefficient (Wildman–Crippen LogP) is 3.55. The number of carbonyl (C=O) groups excluding carboxylic acids is 1. The molecule has 1 atom stereocenters. The number of nitrogens with zero attached hydrogens (tertiary/aromatic N) is 2. The Kier molecular flexibility index (Phi) is 6.03. The number of carbonyl (C=O) groups is 1. The number of ether oxygens (including phenoxy) is 1. The van der Waals surface area contributed by atoms with Gasteiger partial charge in [0.25, 0.3) is 0 Å². The van der Waals surface area contributed by atoms with Crippen molar-refractivity contribution in [3.05, 3.63) is 66.4 Å². The molecule has 2 N–H and O–H groups in total. The maximum Gasteiger partial charge on any atom is 0.240 e. The van der Waals surface area contributed by atoms with Crippen LogP contribution in [-0.2, 0) is 9.53 Å². The number of rotatable bonds is 7. The average molecular weight is 390 g/mol. The Morgan fingerprint density at radius 3 is 2.69 bits per heavy atom. The third-order valence-electron chi connectivity index (χ3n) is 5.02. The summed E-state index contributed by atoms with van der Waals surface area (Å²) in [4.78, 5) is 17.2. The van der Waals surface area contributed by atoms with Gasteiger partial charge in [0.05, 0.1) is 18.3 Å². The van der Waals surface area contributed by atoms with Crippen LogP contribution in [0.2, 0.25) is 0 Å². The second kappa shape index (κ2) is 9.03. The van der Waals surface area contributed by atoms with E-state index >= 15 is 0 Å². The molecule has 1 aliphatic heterocycles. The van der Waals surface area contributed by atoms with Gasteiger partial charge in [0, 0.05) is 30.6 Å². The van der Waals surface area contributed by atoms with E-state index in [1.54, 1.807) is 0 Å². The molecule has 1 amide bonds. The fourth-order valence-corrected chi connectivity index (χ4v) is 3.44. The number of nitrogens with one attached hydrogen (secondary N) is 2. The van der Waals surface area contributed by atoms with Crippen LogP contribution in [0.1, 0.15) is 18.4 Å². The molecular formula is C23H26N4O2. The highest BCUT2D eigenvalue weighted by atomic mass is 16.5. The first-order chi connectivity index (χ1) is 14.2. The minimum atomic E-state index is -0.124. The van der Waals surface area contributed by atoms with E-state index in [1.165, 1.54) is 5.56 Å². The summed E-state index contributed by atoms with van der Waals surface area (Å²) in [6, 6.07) is 18.1. The lowest BCUT2D eigenvalue weighted by Gasteiger charge is -2.12. The Balaban J connectivity index is 1.51. The highest BCUT2D eigenvalue weighted by molar-refractivity contribution is 5.91. The van der Waals surface area contributed by atoms with Gasteiger partial charge >= 0.3 is 0 Å². The Labute approximate surface area is 170 Å². The van der Waals surface area contributed by atoms with Crippen LogP contribution in [0.4, 0.5) is 5.95 Å². The van der Waals surface area contributed by atoms with Crippen molar-refractivity contribution in [2.24, 2.45) is 0 Å². The zero-order valence-corrected chi connectivity index (χ0v) is 16.6. The highest BCUT2D eigenvalue weighted by Gasteiger charge is 2.17. The van der Waals surface area contributed by atoms with E-state index < -0.39 is 0 Å². The van der Waals surface area contributed by atoms with Gasteiger partial charge in [-0.1, -0.05) is 48.0 Å². The largest absolute Gasteiger partial charge is 0.377 e. The molecule has 2 heterocycles. The van der Waals surface area contributed by atoms with Gasteiger partial charge in [0.15, 0.2) is 0 Å². The molecule has 6 nitrogen and oxygen atoms in total. The van der Waals surface area contributed by atoms with Crippen LogP contribution < -0.4 is 10.6 Å². The van der Waals surface area contributed by atoms with Crippen LogP contribution in [0, 0.1) is 6.92 Å². The summed E-state index contributed by atoms with van der Waals surface area (Å²) < 4.78 is 7.50. The molecule has 1 aliphatic rings. The van der Waals surface area contributed by atoms with Crippen LogP contribution in [0.3, 0.4) is 0 Å². The number of benzene rings is 2. The average Bonchev–Trinajstić information content (AvgIpc) is 3.40. The third kappa shape index (κ3) is 4.91. The zero-order chi connectivity index (χ0) is 20.1. The molecule has 0 radical (unpaired) electrons. The second-order valence-electron chi connectivity index (χ2n) is 7.34. The number of anilines is 1. The first kappa shape index (κ1) is 19.4. The molecule has 150 valence electrons. The summed E-state index contributed by atoms with van der Waals surface area (Å²) in [5.74, 6) is 0.387. The number of hydrogen-bond acceptors (Lipinski definition) is 4. The fourth-order valence-electron chi connectivity index (χ4n) is 3.44. The monoisotopic (exact) mass is 390 g/mol. The summed E-state index contributed by atoms with van der Waals surface area (Å²) in [5, 5.41) is 6.13. The summed E-state index contributed by atoms with van der Waals surface area (Å²) in [7, 11) is 0. The normalized spacial score (nSPS) is 16.1. The van der Waals surface area contributed by atoms with Crippen molar-refractivity contribution in [1.29, 1.82) is 0 Å². The summed E-state index contributed by atoms with van der Waals surface area (Å²) >= 11 is 0. The zero-order valence-electron chi connectivity index (χ0n) is 16.6. The van der Waals surface area contributed by atoms with Gasteiger partial charge < -0.3 is 10.1 Å². The molecule has 1 saturated heterocycles. The Bertz CT molecular complexity index is 945. The van der Waals surface area contributed by atoms with Gasteiger partial charge in [-0.05, 0) is 31.9 Å². The lowest BCUT2D eigenvalue weighted by atomic mass is 10.2. The first-order valence-electron chi connectivity index (χ1n) is 10.0. The quantitative estimate of drug-likeness (QED) is 0.647. The Morgan fingerprint density at radius 1 is 1.17 bits per heavy atom. The SMILES string of the molecule is Cc1ccc(-n2cc(-c3ccccc3)nc2NC(=O)CNCC2CCCO2)cc1. The van der Waals surface area contributed by atoms with Gasteiger partial charge in [0.2, 0.25) is 11.9 Å². The number of hydrogen-bond donors (Lipinski definition) is 2. The summed E-state index contributed by atoms with van der Waals surface area (Å²) in [5.41, 5.74) is 3.95. The van der Waals surface area contributed by atoms with E-state index in [0.29, 0.717) is 12.5 Å². The van der Waals surface area contributed by atoms with Crippen LogP contribution in [0.15, 0.2) is 60.8 Å². The molecule has 4 rings (SSSR count). The third-order valence-corrected chi connectivity index (χ3v) is 5.02. The molecule has 1 aromatic heterocycles. The molecule has 1 unspecified atom stereocenters. The molecule has 29 heavy (non-hydrogen) atoms. The van der Waals surface area contributed by atoms with E-state index in [4.69, 9.17) is 4.74 Å². The van der Waals surface area contributed by atoms with Gasteiger partial charge in [0.1, 0.15) is 0 Å². The van der Waals surface area contributed by atoms with E-state index in [0.717, 1.165) is 36.4 Å². The molecule has 1 fully saturated rings. The Morgan fingerprint density at radius 2 is 1.97 bits per heavy atom. The molecule has 0 bridgehead atoms. The predicted molar refractivity (Wildman–Crippen MR) is 114 cm³/mol. The minimum absolute atomic E-state index is 0.124. The summed E-state index contributed by atoms with van der Waals surface area (Å²) in [6.07, 6.45) is 4.30. The van der Waals surface area contributed by atoms with Crippen molar-refractivity contribution in [3.63, 3.8) is 0 Å². The number of imidazole rings is 1. The lowest BCUT2D eigenvalue weighted by molar-refractivity contribution is -0.115. The molecule has 0 aliphatic carbocycles. The van der Waals surface area contributed by atoms with Crippen molar-refractivity contribution >= 4 is 11.9 Å². The molecule has 0 saturated carbocycles. The van der Waals surface area contributed by atoms with Crippen LogP contribution in [-0.4, -0.2) is 41.3 Å². The highest BCUT2D eigenvalue weighted by Crippen LogP contribution is 2.24. The van der Waals surface area contributed by atoms with Gasteiger partial charge in [-0.2, -0.15) is 0 Å². The van der Waals surface area contributed by atoms with Crippen LogP contribution >= 0.6 is 0 Å². The van der Waals surface area contributed by atoms with Crippen molar-refractivity contribution in [1.82, 2.24) is 14.9 Å². The Hall–Kier alpha value is -2.96. The van der Waals surface area contributed by atoms with Gasteiger partial charge in [-0.3, -0.25) is 14.7 Å². The number of amides is 1. The topological polar surface area (TPSA) is 68.2 Å². The van der Waals surface area contributed by atoms with E-state index in [-0.39, 0.29) is 18.6 Å². The maximum absolute atomic E-state index is 12.5. The molecular weight excluding hydrogens is 364 g/mol. The second-order valence-corrected chi connectivity index (χ2v) is 7.34. The molecule has 6 heteroatoms. The standard InChI is InChI=1S/C23H26N4O2/c1-17-9-11-19(12-10-17)27-16-21(18-6-3-2-4-7-18)25-23(27)26-22(28)15-24-14-20-8-5-13-29-20/h2-4,6-7,9-12,16,20,24H,5,8,13-15H2,1H3,(H,25,26,28). The van der Waals surface area contributed by atoms with Gasteiger partial charge in [-0.25, -0.2) is 4.98 Å². The van der Waals surface area contributed by atoms with Crippen molar-refractivity contribution in [3.8, 4) is 16.9 Å². The van der Waals surface area contributed by atoms with Gasteiger partial charge in [-0.15, -0.1) is 0 Å². The maximum atomic E-state index is 12.5. The first-order valence-corrected chi connectivity index (χ1v) is 10.0. The van der Waals surface area contributed by atoms with Crippen molar-refractivity contribution < 1.29 is 9.53 Å². The van der Waals surface area contributed by atoms with E-state index in [9.17, 15) is 4.79 Å². The number of aryl methyl sites for hydroxylation is 1. The van der Waals surface area contributed by atoms with E-state index in [2.05, 4.69) is 22.5 Å². The summed E-state index contributed by atoms with van der Waals surface area (Å²) in [6.45, 7) is 3.78. The van der Waals surface area contributed by atoms with E-state index in [1.807, 2.05) is 65.4 Å². The molecule has 3 aromatic rings. The minimum Gasteiger partial charge on any atom is -0.377 e. The van der Waals surface area contributed by atoms with Crippen molar-refractivity contribution in [2.45, 2.75) is 25.9 Å².